The maximum Gasteiger partial charge on any atom is 0.226 e. The number of nitrogens with zero attached hydrogens (tertiary/aromatic N) is 3. The molecule has 122 valence electrons. The lowest BCUT2D eigenvalue weighted by Gasteiger charge is -2.32. The highest BCUT2D eigenvalue weighted by molar-refractivity contribution is 5.80. The molecule has 6 heteroatoms. The summed E-state index contributed by atoms with van der Waals surface area (Å²) in [5.74, 6) is 2.55. The van der Waals surface area contributed by atoms with Crippen LogP contribution in [0.4, 0.5) is 0 Å². The lowest BCUT2D eigenvalue weighted by molar-refractivity contribution is -0.136. The summed E-state index contributed by atoms with van der Waals surface area (Å²) in [7, 11) is 0. The highest BCUT2D eigenvalue weighted by atomic mass is 16.3. The average Bonchev–Trinajstić information content (AvgIpc) is 3.35. The van der Waals surface area contributed by atoms with Gasteiger partial charge in [0.25, 0.3) is 0 Å². The van der Waals surface area contributed by atoms with Crippen LogP contribution in [0.1, 0.15) is 50.3 Å². The predicted molar refractivity (Wildman–Crippen MR) is 84.6 cm³/mol. The smallest absolute Gasteiger partial charge is 0.226 e. The summed E-state index contributed by atoms with van der Waals surface area (Å²) in [4.78, 5) is 19.5. The Kier molecular flexibility index (Phi) is 3.89. The van der Waals surface area contributed by atoms with E-state index in [0.29, 0.717) is 17.5 Å². The molecule has 2 aromatic rings. The Morgan fingerprint density at radius 3 is 2.83 bits per heavy atom. The van der Waals surface area contributed by atoms with Crippen LogP contribution in [0.15, 0.2) is 22.8 Å². The fourth-order valence-corrected chi connectivity index (χ4v) is 3.88. The van der Waals surface area contributed by atoms with Gasteiger partial charge in [-0.25, -0.2) is 4.98 Å². The van der Waals surface area contributed by atoms with Crippen molar-refractivity contribution >= 4 is 5.91 Å². The number of H-pyrrole nitrogens is 1. The second kappa shape index (κ2) is 6.18. The number of rotatable bonds is 3. The summed E-state index contributed by atoms with van der Waals surface area (Å²) in [5, 5.41) is 7.32. The SMILES string of the molecule is O=C([C@@H]1CCCC[C@@H]1c1nc(-c2ccco2)n[nH]1)N1CCCC1. The molecule has 2 fully saturated rings. The molecule has 0 radical (unpaired) electrons. The molecule has 2 aliphatic rings. The maximum atomic E-state index is 12.9. The Morgan fingerprint density at radius 2 is 2.04 bits per heavy atom. The maximum absolute atomic E-state index is 12.9. The fourth-order valence-electron chi connectivity index (χ4n) is 3.88. The van der Waals surface area contributed by atoms with Gasteiger partial charge in [-0.1, -0.05) is 12.8 Å². The zero-order valence-corrected chi connectivity index (χ0v) is 13.2. The van der Waals surface area contributed by atoms with Crippen LogP contribution in [0.5, 0.6) is 0 Å². The molecule has 6 nitrogen and oxygen atoms in total. The van der Waals surface area contributed by atoms with Gasteiger partial charge in [0.15, 0.2) is 5.76 Å². The number of likely N-dealkylation sites (tertiary alicyclic amines) is 1. The van der Waals surface area contributed by atoms with Crippen molar-refractivity contribution in [3.8, 4) is 11.6 Å². The molecule has 1 aliphatic heterocycles. The first-order valence-electron chi connectivity index (χ1n) is 8.58. The molecule has 2 atom stereocenters. The van der Waals surface area contributed by atoms with E-state index in [9.17, 15) is 4.79 Å². The third-order valence-corrected chi connectivity index (χ3v) is 5.10. The number of furan rings is 1. The van der Waals surface area contributed by atoms with Crippen LogP contribution >= 0.6 is 0 Å². The number of carbonyl (C=O) groups is 1. The highest BCUT2D eigenvalue weighted by Crippen LogP contribution is 2.38. The van der Waals surface area contributed by atoms with E-state index in [0.717, 1.165) is 57.4 Å². The standard InChI is InChI=1S/C17H22N4O2/c22-17(21-9-3-4-10-21)13-7-2-1-6-12(13)15-18-16(20-19-15)14-8-5-11-23-14/h5,8,11-13H,1-4,6-7,9-10H2,(H,18,19,20)/t12-,13+/m0/s1. The summed E-state index contributed by atoms with van der Waals surface area (Å²) >= 11 is 0. The Hall–Kier alpha value is -2.11. The molecule has 0 spiro atoms. The van der Waals surface area contributed by atoms with E-state index in [1.165, 1.54) is 0 Å². The van der Waals surface area contributed by atoms with E-state index in [-0.39, 0.29) is 11.8 Å². The van der Waals surface area contributed by atoms with Gasteiger partial charge in [-0.05, 0) is 37.8 Å². The molecule has 23 heavy (non-hydrogen) atoms. The number of amides is 1. The van der Waals surface area contributed by atoms with Gasteiger partial charge >= 0.3 is 0 Å². The van der Waals surface area contributed by atoms with Crippen molar-refractivity contribution in [2.45, 2.75) is 44.4 Å². The first-order valence-corrected chi connectivity index (χ1v) is 8.58. The van der Waals surface area contributed by atoms with E-state index in [1.54, 1.807) is 6.26 Å². The summed E-state index contributed by atoms with van der Waals surface area (Å²) in [6, 6.07) is 3.67. The van der Waals surface area contributed by atoms with Gasteiger partial charge in [0.1, 0.15) is 5.82 Å². The van der Waals surface area contributed by atoms with Crippen LogP contribution in [0.3, 0.4) is 0 Å². The van der Waals surface area contributed by atoms with Crippen LogP contribution in [0.25, 0.3) is 11.6 Å². The van der Waals surface area contributed by atoms with E-state index in [2.05, 4.69) is 15.2 Å². The van der Waals surface area contributed by atoms with Crippen molar-refractivity contribution in [2.24, 2.45) is 5.92 Å². The van der Waals surface area contributed by atoms with E-state index in [4.69, 9.17) is 4.42 Å². The Morgan fingerprint density at radius 1 is 1.22 bits per heavy atom. The van der Waals surface area contributed by atoms with Crippen LogP contribution in [0, 0.1) is 5.92 Å². The van der Waals surface area contributed by atoms with Crippen LogP contribution in [-0.4, -0.2) is 39.1 Å². The second-order valence-corrected chi connectivity index (χ2v) is 6.55. The minimum absolute atomic E-state index is 0.0410. The van der Waals surface area contributed by atoms with Crippen molar-refractivity contribution in [3.05, 3.63) is 24.2 Å². The number of nitrogens with one attached hydrogen (secondary N) is 1. The van der Waals surface area contributed by atoms with Crippen LogP contribution in [-0.2, 0) is 4.79 Å². The zero-order valence-electron chi connectivity index (χ0n) is 13.2. The lowest BCUT2D eigenvalue weighted by Crippen LogP contribution is -2.38. The number of hydrogen-bond acceptors (Lipinski definition) is 4. The van der Waals surface area contributed by atoms with Crippen LogP contribution in [0.2, 0.25) is 0 Å². The summed E-state index contributed by atoms with van der Waals surface area (Å²) in [6.45, 7) is 1.83. The molecule has 0 unspecified atom stereocenters. The zero-order chi connectivity index (χ0) is 15.6. The first kappa shape index (κ1) is 14.5. The molecule has 0 bridgehead atoms. The van der Waals surface area contributed by atoms with Crippen molar-refractivity contribution in [3.63, 3.8) is 0 Å². The Balaban J connectivity index is 1.56. The largest absolute Gasteiger partial charge is 0.461 e. The molecular formula is C17H22N4O2. The minimum atomic E-state index is 0.0410. The molecule has 1 saturated carbocycles. The molecule has 2 aromatic heterocycles. The molecule has 1 saturated heterocycles. The Labute approximate surface area is 135 Å². The van der Waals surface area contributed by atoms with Gasteiger partial charge in [-0.2, -0.15) is 5.10 Å². The van der Waals surface area contributed by atoms with Crippen molar-refractivity contribution in [1.82, 2.24) is 20.1 Å². The molecule has 0 aromatic carbocycles. The van der Waals surface area contributed by atoms with Gasteiger partial charge in [0.2, 0.25) is 11.7 Å². The predicted octanol–water partition coefficient (Wildman–Crippen LogP) is 2.96. The third-order valence-electron chi connectivity index (χ3n) is 5.10. The first-order chi connectivity index (χ1) is 11.3. The highest BCUT2D eigenvalue weighted by Gasteiger charge is 2.37. The quantitative estimate of drug-likeness (QED) is 0.945. The topological polar surface area (TPSA) is 75.0 Å². The molecule has 1 amide bonds. The molecule has 1 N–H and O–H groups in total. The molecule has 1 aliphatic carbocycles. The number of aromatic nitrogens is 3. The van der Waals surface area contributed by atoms with Crippen LogP contribution < -0.4 is 0 Å². The molecule has 4 rings (SSSR count). The van der Waals surface area contributed by atoms with E-state index >= 15 is 0 Å². The molecular weight excluding hydrogens is 292 g/mol. The van der Waals surface area contributed by atoms with Crippen molar-refractivity contribution in [2.75, 3.05) is 13.1 Å². The van der Waals surface area contributed by atoms with Crippen molar-refractivity contribution < 1.29 is 9.21 Å². The Bertz CT molecular complexity index is 658. The van der Waals surface area contributed by atoms with E-state index < -0.39 is 0 Å². The average molecular weight is 314 g/mol. The van der Waals surface area contributed by atoms with Gasteiger partial charge in [-0.3, -0.25) is 9.89 Å². The van der Waals surface area contributed by atoms with Gasteiger partial charge in [0.05, 0.1) is 6.26 Å². The number of hydrogen-bond donors (Lipinski definition) is 1. The summed E-state index contributed by atoms with van der Waals surface area (Å²) in [6.07, 6.45) is 8.10. The molecule has 3 heterocycles. The van der Waals surface area contributed by atoms with Crippen molar-refractivity contribution in [1.29, 1.82) is 0 Å². The monoisotopic (exact) mass is 314 g/mol. The van der Waals surface area contributed by atoms with Gasteiger partial charge in [0, 0.05) is 24.9 Å². The second-order valence-electron chi connectivity index (χ2n) is 6.55. The number of carbonyl (C=O) groups excluding carboxylic acids is 1. The normalized spacial score (nSPS) is 25.0. The lowest BCUT2D eigenvalue weighted by atomic mass is 9.78. The van der Waals surface area contributed by atoms with Gasteiger partial charge in [-0.15, -0.1) is 0 Å². The minimum Gasteiger partial charge on any atom is -0.461 e. The number of aromatic amines is 1. The van der Waals surface area contributed by atoms with Gasteiger partial charge < -0.3 is 9.32 Å². The van der Waals surface area contributed by atoms with E-state index in [1.807, 2.05) is 17.0 Å². The summed E-state index contributed by atoms with van der Waals surface area (Å²) in [5.41, 5.74) is 0. The fraction of sp³-hybridized carbons (Fsp3) is 0.588. The summed E-state index contributed by atoms with van der Waals surface area (Å²) < 4.78 is 5.36. The third kappa shape index (κ3) is 2.78.